The Balaban J connectivity index is 1.60. The molecule has 0 unspecified atom stereocenters. The lowest BCUT2D eigenvalue weighted by Crippen LogP contribution is -2.31. The van der Waals surface area contributed by atoms with Gasteiger partial charge in [-0.15, -0.1) is 0 Å². The van der Waals surface area contributed by atoms with Crippen LogP contribution in [0.5, 0.6) is 0 Å². The summed E-state index contributed by atoms with van der Waals surface area (Å²) in [6.07, 6.45) is 7.30. The highest BCUT2D eigenvalue weighted by atomic mass is 16.6. The number of hydrogen-bond donors (Lipinski definition) is 0. The third-order valence-corrected chi connectivity index (χ3v) is 5.98. The summed E-state index contributed by atoms with van der Waals surface area (Å²) in [6.45, 7) is 0. The second-order valence-corrected chi connectivity index (χ2v) is 8.03. The van der Waals surface area contributed by atoms with Gasteiger partial charge >= 0.3 is 0 Å². The van der Waals surface area contributed by atoms with Crippen molar-refractivity contribution in [3.05, 3.63) is 97.9 Å². The molecule has 3 aromatic rings. The smallest absolute Gasteiger partial charge is 0.277 e. The monoisotopic (exact) mass is 462 g/mol. The standard InChI is InChI=1S/C23H18N4O7/c28-23(15-10-16(26(29)30)13-17(11-15)27(31)32)25-22(20-7-3-9-34-20)19-6-1-4-14(21(19)24-25)12-18-5-2-8-33-18/h2-3,5,7-13,19,22H,1,4,6H2/b14-12+/t19-,22-/m0/s1. The number of benzene rings is 1. The Morgan fingerprint density at radius 2 is 1.76 bits per heavy atom. The van der Waals surface area contributed by atoms with E-state index in [2.05, 4.69) is 5.10 Å². The Labute approximate surface area is 192 Å². The summed E-state index contributed by atoms with van der Waals surface area (Å²) >= 11 is 0. The molecule has 3 heterocycles. The largest absolute Gasteiger partial charge is 0.467 e. The number of carbonyl (C=O) groups excluding carboxylic acids is 1. The number of nitro benzene ring substituents is 2. The van der Waals surface area contributed by atoms with Crippen LogP contribution in [0.25, 0.3) is 6.08 Å². The third-order valence-electron chi connectivity index (χ3n) is 5.98. The van der Waals surface area contributed by atoms with Crippen LogP contribution in [0.4, 0.5) is 11.4 Å². The number of allylic oxidation sites excluding steroid dienone is 1. The van der Waals surface area contributed by atoms with Gasteiger partial charge < -0.3 is 8.83 Å². The minimum Gasteiger partial charge on any atom is -0.467 e. The van der Waals surface area contributed by atoms with Gasteiger partial charge in [0.15, 0.2) is 0 Å². The van der Waals surface area contributed by atoms with Crippen LogP contribution in [0, 0.1) is 26.1 Å². The van der Waals surface area contributed by atoms with Crippen molar-refractivity contribution in [1.29, 1.82) is 0 Å². The molecule has 172 valence electrons. The molecule has 1 amide bonds. The fourth-order valence-electron chi connectivity index (χ4n) is 4.51. The maximum Gasteiger partial charge on any atom is 0.277 e. The van der Waals surface area contributed by atoms with Crippen molar-refractivity contribution in [2.75, 3.05) is 0 Å². The molecule has 1 aromatic carbocycles. The van der Waals surface area contributed by atoms with Gasteiger partial charge in [0, 0.05) is 18.1 Å². The summed E-state index contributed by atoms with van der Waals surface area (Å²) in [5.41, 5.74) is 0.335. The van der Waals surface area contributed by atoms with E-state index in [9.17, 15) is 25.0 Å². The second kappa shape index (κ2) is 8.43. The van der Waals surface area contributed by atoms with Crippen LogP contribution < -0.4 is 0 Å². The van der Waals surface area contributed by atoms with Gasteiger partial charge in [-0.1, -0.05) is 0 Å². The molecule has 0 bridgehead atoms. The summed E-state index contributed by atoms with van der Waals surface area (Å²) in [5, 5.41) is 28.5. The molecule has 0 N–H and O–H groups in total. The summed E-state index contributed by atoms with van der Waals surface area (Å²) in [5.74, 6) is 0.314. The van der Waals surface area contributed by atoms with Gasteiger partial charge in [0.2, 0.25) is 0 Å². The van der Waals surface area contributed by atoms with E-state index < -0.39 is 33.2 Å². The number of carbonyl (C=O) groups is 1. The maximum atomic E-state index is 13.6. The van der Waals surface area contributed by atoms with E-state index >= 15 is 0 Å². The van der Waals surface area contributed by atoms with E-state index in [1.54, 1.807) is 24.5 Å². The molecule has 1 aliphatic heterocycles. The van der Waals surface area contributed by atoms with Crippen LogP contribution in [0.1, 0.15) is 47.2 Å². The number of nitro groups is 2. The molecule has 1 fully saturated rings. The highest BCUT2D eigenvalue weighted by molar-refractivity contribution is 6.09. The number of hydrogen-bond acceptors (Lipinski definition) is 8. The molecule has 2 atom stereocenters. The lowest BCUT2D eigenvalue weighted by atomic mass is 9.79. The number of nitrogens with zero attached hydrogens (tertiary/aromatic N) is 4. The first-order valence-electron chi connectivity index (χ1n) is 10.6. The molecule has 11 nitrogen and oxygen atoms in total. The minimum atomic E-state index is -0.770. The van der Waals surface area contributed by atoms with Crippen molar-refractivity contribution < 1.29 is 23.5 Å². The molecule has 1 aliphatic carbocycles. The van der Waals surface area contributed by atoms with Crippen molar-refractivity contribution >= 4 is 29.1 Å². The van der Waals surface area contributed by atoms with E-state index in [-0.39, 0.29) is 11.5 Å². The zero-order valence-electron chi connectivity index (χ0n) is 17.7. The SMILES string of the molecule is O=C(c1cc([N+](=O)[O-])cc([N+](=O)[O-])c1)N1N=C2/C(=C/c3ccco3)CCC[C@@H]2[C@H]1c1ccco1. The fraction of sp³-hybridized carbons (Fsp3) is 0.217. The number of non-ortho nitro benzene ring substituents is 2. The summed E-state index contributed by atoms with van der Waals surface area (Å²) in [4.78, 5) is 34.7. The van der Waals surface area contributed by atoms with Gasteiger partial charge in [0.25, 0.3) is 17.3 Å². The molecule has 1 saturated carbocycles. The zero-order valence-corrected chi connectivity index (χ0v) is 17.7. The Kier molecular flexibility index (Phi) is 5.28. The predicted octanol–water partition coefficient (Wildman–Crippen LogP) is 5.13. The molecule has 2 aromatic heterocycles. The van der Waals surface area contributed by atoms with Gasteiger partial charge in [0.05, 0.1) is 39.7 Å². The molecular weight excluding hydrogens is 444 g/mol. The van der Waals surface area contributed by atoms with Crippen LogP contribution in [0.2, 0.25) is 0 Å². The summed E-state index contributed by atoms with van der Waals surface area (Å²) < 4.78 is 11.1. The number of amides is 1. The summed E-state index contributed by atoms with van der Waals surface area (Å²) in [6, 6.07) is 9.32. The topological polar surface area (TPSA) is 145 Å². The van der Waals surface area contributed by atoms with Crippen molar-refractivity contribution in [3.8, 4) is 0 Å². The van der Waals surface area contributed by atoms with Crippen LogP contribution >= 0.6 is 0 Å². The number of rotatable bonds is 5. The Morgan fingerprint density at radius 3 is 2.38 bits per heavy atom. The van der Waals surface area contributed by atoms with Crippen LogP contribution in [0.3, 0.4) is 0 Å². The highest BCUT2D eigenvalue weighted by Gasteiger charge is 2.45. The number of hydrazone groups is 1. The zero-order chi connectivity index (χ0) is 23.8. The van der Waals surface area contributed by atoms with Crippen molar-refractivity contribution in [2.24, 2.45) is 11.0 Å². The molecule has 11 heteroatoms. The predicted molar refractivity (Wildman–Crippen MR) is 119 cm³/mol. The summed E-state index contributed by atoms with van der Waals surface area (Å²) in [7, 11) is 0. The fourth-order valence-corrected chi connectivity index (χ4v) is 4.51. The normalized spacial score (nSPS) is 20.8. The van der Waals surface area contributed by atoms with Crippen LogP contribution in [-0.2, 0) is 0 Å². The second-order valence-electron chi connectivity index (χ2n) is 8.03. The quantitative estimate of drug-likeness (QED) is 0.377. The maximum absolute atomic E-state index is 13.6. The van der Waals surface area contributed by atoms with Gasteiger partial charge in [0.1, 0.15) is 17.6 Å². The van der Waals surface area contributed by atoms with Crippen molar-refractivity contribution in [1.82, 2.24) is 5.01 Å². The molecular formula is C23H18N4O7. The Bertz CT molecular complexity index is 1290. The third kappa shape index (κ3) is 3.76. The average Bonchev–Trinajstić information content (AvgIpc) is 3.59. The van der Waals surface area contributed by atoms with Crippen molar-refractivity contribution in [3.63, 3.8) is 0 Å². The first-order valence-corrected chi connectivity index (χ1v) is 10.6. The molecule has 0 spiro atoms. The lowest BCUT2D eigenvalue weighted by Gasteiger charge is -2.27. The lowest BCUT2D eigenvalue weighted by molar-refractivity contribution is -0.394. The van der Waals surface area contributed by atoms with Crippen LogP contribution in [-0.4, -0.2) is 26.5 Å². The molecule has 34 heavy (non-hydrogen) atoms. The van der Waals surface area contributed by atoms with Gasteiger partial charge in [-0.2, -0.15) is 5.10 Å². The molecule has 0 saturated heterocycles. The average molecular weight is 462 g/mol. The van der Waals surface area contributed by atoms with E-state index in [0.717, 1.165) is 43.0 Å². The molecule has 5 rings (SSSR count). The van der Waals surface area contributed by atoms with Crippen LogP contribution in [0.15, 0.2) is 74.5 Å². The van der Waals surface area contributed by atoms with E-state index in [0.29, 0.717) is 17.2 Å². The van der Waals surface area contributed by atoms with Gasteiger partial charge in [-0.05, 0) is 55.2 Å². The van der Waals surface area contributed by atoms with Gasteiger partial charge in [-0.3, -0.25) is 25.0 Å². The Morgan fingerprint density at radius 1 is 1.06 bits per heavy atom. The minimum absolute atomic E-state index is 0.168. The highest BCUT2D eigenvalue weighted by Crippen LogP contribution is 2.45. The number of furan rings is 2. The van der Waals surface area contributed by atoms with E-state index in [1.165, 1.54) is 11.3 Å². The first-order chi connectivity index (χ1) is 16.4. The molecule has 0 radical (unpaired) electrons. The Hall–Kier alpha value is -4.54. The first kappa shape index (κ1) is 21.3. The number of fused-ring (bicyclic) bond motifs is 1. The van der Waals surface area contributed by atoms with E-state index in [4.69, 9.17) is 8.83 Å². The van der Waals surface area contributed by atoms with Gasteiger partial charge in [-0.25, -0.2) is 5.01 Å². The van der Waals surface area contributed by atoms with E-state index in [1.807, 2.05) is 12.1 Å². The molecule has 2 aliphatic rings. The van der Waals surface area contributed by atoms with Crippen molar-refractivity contribution in [2.45, 2.75) is 25.3 Å².